The number of likely N-dealkylation sites (N-methyl/N-ethyl adjacent to an activating group) is 1. The molecule has 0 spiro atoms. The number of aliphatic hydroxyl groups is 1. The highest BCUT2D eigenvalue weighted by Gasteiger charge is 2.38. The highest BCUT2D eigenvalue weighted by molar-refractivity contribution is 8.79. The summed E-state index contributed by atoms with van der Waals surface area (Å²) in [5, 5.41) is 13.2. The van der Waals surface area contributed by atoms with Crippen LogP contribution in [0.1, 0.15) is 80.6 Å². The predicted molar refractivity (Wildman–Crippen MR) is 295 cm³/mol. The molecule has 3 amide bonds. The van der Waals surface area contributed by atoms with Gasteiger partial charge in [-0.3, -0.25) is 24.0 Å². The number of nitrogens with zero attached hydrogens (tertiary/aromatic N) is 8. The van der Waals surface area contributed by atoms with Crippen molar-refractivity contribution in [3.05, 3.63) is 175 Å². The molecule has 0 radical (unpaired) electrons. The molecule has 402 valence electrons. The lowest BCUT2D eigenvalue weighted by molar-refractivity contribution is -0.117. The highest BCUT2D eigenvalue weighted by Crippen LogP contribution is 2.43. The molecule has 25 heteroatoms. The Labute approximate surface area is 457 Å². The summed E-state index contributed by atoms with van der Waals surface area (Å²) in [6.45, 7) is 9.03. The van der Waals surface area contributed by atoms with Crippen LogP contribution in [-0.2, 0) is 47.0 Å². The topological polar surface area (TPSA) is 296 Å². The van der Waals surface area contributed by atoms with E-state index in [1.807, 2.05) is 6.92 Å². The highest BCUT2D eigenvalue weighted by atomic mass is 33.1. The Balaban J connectivity index is 0.000000345. The van der Waals surface area contributed by atoms with Crippen LogP contribution >= 0.6 is 32.9 Å². The lowest BCUT2D eigenvalue weighted by Gasteiger charge is -2.28. The van der Waals surface area contributed by atoms with E-state index in [4.69, 9.17) is 20.9 Å². The number of sulfonamides is 1. The monoisotopic (exact) mass is 1120 g/mol. The van der Waals surface area contributed by atoms with Crippen molar-refractivity contribution in [2.75, 3.05) is 37.0 Å². The van der Waals surface area contributed by atoms with E-state index in [0.29, 0.717) is 73.1 Å². The van der Waals surface area contributed by atoms with E-state index in [0.717, 1.165) is 9.18 Å². The quantitative estimate of drug-likeness (QED) is 0.0302. The fourth-order valence-electron chi connectivity index (χ4n) is 7.13. The zero-order valence-electron chi connectivity index (χ0n) is 42.7. The average Bonchev–Trinajstić information content (AvgIpc) is 3.84. The zero-order valence-corrected chi connectivity index (χ0v) is 46.0. The SMILES string of the molecule is C/C(=C(/CCOC(=O)c1ccccc1)SS/C(CCOC(=O)c1ccccc1)=C(\C)N(C=O)Cc1cnc(C)nc1N)N(C=O)Cc1cnc(C)nc1N.Cc1cnc(NC(=O)C2=C(O)c3ccccc3S(=O)(=O)N2C)s1. The number of amides is 3. The standard InChI is InChI=1S/C38H42N8O6S2.C14H13N3O4S2/c1-25(45(23-47)21-31-19-41-27(3)43-35(31)39)33(15-17-51-37(49)29-11-7-5-8-12-29)53-54-34(16-18-52-38(50)30-13-9-6-10-14-30)26(2)46(24-48)22-32-20-42-28(4)44-36(32)40;1-8-7-15-14(22-8)16-13(19)11-12(18)9-5-3-4-6-10(9)23(20,21)17(11)2/h5-14,19-20,23-24H,15-18,21-22H2,1-4H3,(H2,39,41,43)(H2,40,42,44);3-7,18H,1-2H3,(H,15,16,19)/b33-25+,34-26+;. The van der Waals surface area contributed by atoms with Gasteiger partial charge in [-0.15, -0.1) is 11.3 Å². The molecule has 1 aliphatic rings. The predicted octanol–water partition coefficient (Wildman–Crippen LogP) is 7.95. The first kappa shape index (κ1) is 58.1. The van der Waals surface area contributed by atoms with Gasteiger partial charge in [-0.1, -0.05) is 70.1 Å². The van der Waals surface area contributed by atoms with Crippen LogP contribution < -0.4 is 16.8 Å². The van der Waals surface area contributed by atoms with E-state index in [1.165, 1.54) is 61.9 Å². The number of allylic oxidation sites excluding steroid dienone is 2. The van der Waals surface area contributed by atoms with E-state index >= 15 is 0 Å². The molecule has 0 fully saturated rings. The van der Waals surface area contributed by atoms with Crippen LogP contribution in [0, 0.1) is 20.8 Å². The van der Waals surface area contributed by atoms with Crippen molar-refractivity contribution in [2.24, 2.45) is 0 Å². The van der Waals surface area contributed by atoms with Crippen LogP contribution in [0.4, 0.5) is 16.8 Å². The van der Waals surface area contributed by atoms with E-state index in [1.54, 1.807) is 119 Å². The van der Waals surface area contributed by atoms with Gasteiger partial charge in [0.1, 0.15) is 23.3 Å². The smallest absolute Gasteiger partial charge is 0.338 e. The number of rotatable bonds is 21. The maximum absolute atomic E-state index is 12.8. The summed E-state index contributed by atoms with van der Waals surface area (Å²) in [4.78, 5) is 89.1. The summed E-state index contributed by atoms with van der Waals surface area (Å²) in [5.74, 6) is -0.593. The van der Waals surface area contributed by atoms with E-state index in [9.17, 15) is 37.5 Å². The summed E-state index contributed by atoms with van der Waals surface area (Å²) in [6, 6.07) is 23.2. The van der Waals surface area contributed by atoms with Gasteiger partial charge in [-0.2, -0.15) is 0 Å². The number of hydrogen-bond donors (Lipinski definition) is 4. The number of aliphatic hydroxyl groups excluding tert-OH is 1. The number of nitrogens with two attached hydrogens (primary N) is 2. The van der Waals surface area contributed by atoms with Gasteiger partial charge >= 0.3 is 11.9 Å². The molecule has 0 atom stereocenters. The third kappa shape index (κ3) is 15.3. The molecule has 0 bridgehead atoms. The number of aryl methyl sites for hydroxylation is 3. The molecule has 6 N–H and O–H groups in total. The second-order valence-electron chi connectivity index (χ2n) is 16.7. The Bertz CT molecular complexity index is 3200. The minimum absolute atomic E-state index is 0.0102. The maximum Gasteiger partial charge on any atom is 0.338 e. The van der Waals surface area contributed by atoms with Gasteiger partial charge in [-0.05, 0) is 71.0 Å². The Morgan fingerprint density at radius 1 is 0.714 bits per heavy atom. The minimum Gasteiger partial charge on any atom is -0.505 e. The number of carbonyl (C=O) groups excluding carboxylic acids is 5. The number of fused-ring (bicyclic) bond motifs is 1. The molecule has 0 saturated carbocycles. The van der Waals surface area contributed by atoms with Crippen LogP contribution in [0.2, 0.25) is 0 Å². The Hall–Kier alpha value is -8.13. The fraction of sp³-hybridized carbons (Fsp3) is 0.231. The number of ether oxygens (including phenoxy) is 2. The Morgan fingerprint density at radius 2 is 1.17 bits per heavy atom. The van der Waals surface area contributed by atoms with Crippen molar-refractivity contribution < 1.29 is 47.0 Å². The summed E-state index contributed by atoms with van der Waals surface area (Å²) >= 11 is 1.25. The number of anilines is 3. The van der Waals surface area contributed by atoms with Gasteiger partial charge < -0.3 is 35.8 Å². The van der Waals surface area contributed by atoms with Crippen molar-refractivity contribution >= 4 is 96.1 Å². The number of aromatic nitrogens is 5. The third-order valence-electron chi connectivity index (χ3n) is 11.4. The van der Waals surface area contributed by atoms with Crippen molar-refractivity contribution in [1.29, 1.82) is 0 Å². The molecule has 77 heavy (non-hydrogen) atoms. The summed E-state index contributed by atoms with van der Waals surface area (Å²) < 4.78 is 37.0. The van der Waals surface area contributed by atoms with Crippen LogP contribution in [0.5, 0.6) is 0 Å². The van der Waals surface area contributed by atoms with Crippen LogP contribution in [-0.4, -0.2) is 103 Å². The number of benzene rings is 3. The molecule has 0 aliphatic carbocycles. The Morgan fingerprint density at radius 3 is 1.60 bits per heavy atom. The first-order valence-electron chi connectivity index (χ1n) is 23.4. The van der Waals surface area contributed by atoms with Crippen LogP contribution in [0.15, 0.2) is 135 Å². The lowest BCUT2D eigenvalue weighted by atomic mass is 10.1. The van der Waals surface area contributed by atoms with Crippen LogP contribution in [0.3, 0.4) is 0 Å². The zero-order chi connectivity index (χ0) is 55.8. The second kappa shape index (κ2) is 27.1. The molecule has 3 aromatic carbocycles. The third-order valence-corrected chi connectivity index (χ3v) is 17.0. The molecule has 6 aromatic rings. The van der Waals surface area contributed by atoms with Crippen molar-refractivity contribution in [3.8, 4) is 0 Å². The molecule has 21 nitrogen and oxygen atoms in total. The second-order valence-corrected chi connectivity index (χ2v) is 22.2. The van der Waals surface area contributed by atoms with Gasteiger partial charge in [0.2, 0.25) is 12.8 Å². The van der Waals surface area contributed by atoms with E-state index in [2.05, 4.69) is 30.2 Å². The van der Waals surface area contributed by atoms with Gasteiger partial charge in [-0.25, -0.2) is 42.9 Å². The summed E-state index contributed by atoms with van der Waals surface area (Å²) in [7, 11) is -0.0304. The molecular formula is C52H55N11O10S4. The number of esters is 2. The summed E-state index contributed by atoms with van der Waals surface area (Å²) in [5.41, 5.74) is 15.1. The van der Waals surface area contributed by atoms with Crippen molar-refractivity contribution in [1.82, 2.24) is 39.0 Å². The first-order chi connectivity index (χ1) is 36.8. The van der Waals surface area contributed by atoms with Gasteiger partial charge in [0.25, 0.3) is 15.9 Å². The fourth-order valence-corrected chi connectivity index (χ4v) is 12.0. The number of nitrogen functional groups attached to an aromatic ring is 2. The van der Waals surface area contributed by atoms with Gasteiger partial charge in [0.15, 0.2) is 16.6 Å². The van der Waals surface area contributed by atoms with Crippen molar-refractivity contribution in [3.63, 3.8) is 0 Å². The molecule has 4 heterocycles. The Kier molecular flexibility index (Phi) is 20.4. The molecule has 0 unspecified atom stereocenters. The average molecular weight is 1120 g/mol. The number of hydrogen-bond acceptors (Lipinski definition) is 20. The minimum atomic E-state index is -3.90. The normalized spacial score (nSPS) is 13.1. The summed E-state index contributed by atoms with van der Waals surface area (Å²) in [6.07, 6.45) is 6.60. The van der Waals surface area contributed by atoms with Crippen molar-refractivity contribution in [2.45, 2.75) is 65.4 Å². The lowest BCUT2D eigenvalue weighted by Crippen LogP contribution is -2.37. The first-order valence-corrected chi connectivity index (χ1v) is 27.8. The number of nitrogens with one attached hydrogen (secondary N) is 1. The maximum atomic E-state index is 12.8. The molecule has 0 saturated heterocycles. The number of carbonyl (C=O) groups is 5. The molecule has 1 aliphatic heterocycles. The van der Waals surface area contributed by atoms with Crippen LogP contribution in [0.25, 0.3) is 5.76 Å². The molecule has 3 aromatic heterocycles. The van der Waals surface area contributed by atoms with E-state index in [-0.39, 0.29) is 72.7 Å². The number of thiazole rings is 1. The van der Waals surface area contributed by atoms with Gasteiger partial charge in [0.05, 0.1) is 42.3 Å². The van der Waals surface area contributed by atoms with Gasteiger partial charge in [0, 0.05) is 81.3 Å². The van der Waals surface area contributed by atoms with E-state index < -0.39 is 27.9 Å². The molecular weight excluding hydrogens is 1070 g/mol. The largest absolute Gasteiger partial charge is 0.505 e. The molecule has 7 rings (SSSR count).